The van der Waals surface area contributed by atoms with Crippen molar-refractivity contribution in [2.45, 2.75) is 13.3 Å². The molecule has 1 aliphatic rings. The van der Waals surface area contributed by atoms with Gasteiger partial charge in [-0.2, -0.15) is 0 Å². The van der Waals surface area contributed by atoms with Crippen molar-refractivity contribution in [2.24, 2.45) is 0 Å². The molecule has 1 aromatic carbocycles. The summed E-state index contributed by atoms with van der Waals surface area (Å²) in [6, 6.07) is 4.10. The van der Waals surface area contributed by atoms with E-state index >= 15 is 0 Å². The fraction of sp³-hybridized carbons (Fsp3) is 0.500. The maximum atomic E-state index is 11.9. The summed E-state index contributed by atoms with van der Waals surface area (Å²) in [6.07, 6.45) is 0.731. The summed E-state index contributed by atoms with van der Waals surface area (Å²) in [5, 5.41) is 15.8. The first kappa shape index (κ1) is 18.8. The molecule has 1 saturated heterocycles. The molecule has 2 amide bonds. The van der Waals surface area contributed by atoms with Crippen LogP contribution >= 0.6 is 0 Å². The zero-order valence-corrected chi connectivity index (χ0v) is 14.1. The molecule has 1 fully saturated rings. The normalized spacial score (nSPS) is 14.8. The van der Waals surface area contributed by atoms with E-state index in [0.29, 0.717) is 12.1 Å². The molecule has 0 aromatic heterocycles. The molecule has 0 atom stereocenters. The number of nitrogens with one attached hydrogen (secondary N) is 2. The van der Waals surface area contributed by atoms with E-state index in [1.54, 1.807) is 6.92 Å². The second kappa shape index (κ2) is 9.09. The number of hydrogen-bond donors (Lipinski definition) is 2. The zero-order valence-electron chi connectivity index (χ0n) is 14.1. The molecule has 0 aliphatic carbocycles. The van der Waals surface area contributed by atoms with E-state index in [1.807, 2.05) is 0 Å². The highest BCUT2D eigenvalue weighted by Gasteiger charge is 2.17. The molecule has 25 heavy (non-hydrogen) atoms. The Balaban J connectivity index is 1.77. The van der Waals surface area contributed by atoms with Crippen LogP contribution < -0.4 is 10.6 Å². The highest BCUT2D eigenvalue weighted by Crippen LogP contribution is 2.21. The van der Waals surface area contributed by atoms with Crippen LogP contribution in [-0.4, -0.2) is 61.0 Å². The minimum absolute atomic E-state index is 0.146. The van der Waals surface area contributed by atoms with Gasteiger partial charge < -0.3 is 15.4 Å². The lowest BCUT2D eigenvalue weighted by atomic mass is 10.2. The summed E-state index contributed by atoms with van der Waals surface area (Å²) in [4.78, 5) is 36.2. The van der Waals surface area contributed by atoms with Gasteiger partial charge in [0.25, 0.3) is 5.69 Å². The Morgan fingerprint density at radius 1 is 1.28 bits per heavy atom. The minimum atomic E-state index is -0.838. The molecule has 0 spiro atoms. The van der Waals surface area contributed by atoms with Crippen molar-refractivity contribution in [1.29, 1.82) is 0 Å². The monoisotopic (exact) mass is 350 g/mol. The molecule has 0 bridgehead atoms. The van der Waals surface area contributed by atoms with Crippen LogP contribution in [0, 0.1) is 17.0 Å². The molecule has 1 aliphatic heterocycles. The van der Waals surface area contributed by atoms with Crippen molar-refractivity contribution < 1.29 is 19.2 Å². The molecule has 0 unspecified atom stereocenters. The van der Waals surface area contributed by atoms with Crippen LogP contribution in [-0.2, 0) is 14.3 Å². The highest BCUT2D eigenvalue weighted by molar-refractivity contribution is 6.39. The Hall–Kier alpha value is -2.52. The quantitative estimate of drug-likeness (QED) is 0.337. The fourth-order valence-electron chi connectivity index (χ4n) is 2.45. The minimum Gasteiger partial charge on any atom is -0.379 e. The average molecular weight is 350 g/mol. The molecule has 0 radical (unpaired) electrons. The smallest absolute Gasteiger partial charge is 0.313 e. The second-order valence-corrected chi connectivity index (χ2v) is 5.77. The number of non-ortho nitro benzene ring substituents is 1. The number of carbonyl (C=O) groups is 2. The van der Waals surface area contributed by atoms with E-state index in [9.17, 15) is 19.7 Å². The average Bonchev–Trinajstić information content (AvgIpc) is 2.61. The van der Waals surface area contributed by atoms with Crippen molar-refractivity contribution in [3.05, 3.63) is 33.9 Å². The molecule has 9 nitrogen and oxygen atoms in total. The van der Waals surface area contributed by atoms with Gasteiger partial charge in [-0.05, 0) is 25.5 Å². The number of ether oxygens (including phenoxy) is 1. The lowest BCUT2D eigenvalue weighted by Crippen LogP contribution is -2.39. The highest BCUT2D eigenvalue weighted by atomic mass is 16.6. The summed E-state index contributed by atoms with van der Waals surface area (Å²) in [5.74, 6) is -1.59. The number of anilines is 1. The van der Waals surface area contributed by atoms with Gasteiger partial charge in [0.1, 0.15) is 0 Å². The maximum Gasteiger partial charge on any atom is 0.313 e. The van der Waals surface area contributed by atoms with E-state index in [2.05, 4.69) is 15.5 Å². The molecule has 0 saturated carbocycles. The first-order valence-corrected chi connectivity index (χ1v) is 8.11. The lowest BCUT2D eigenvalue weighted by Gasteiger charge is -2.26. The zero-order chi connectivity index (χ0) is 18.2. The van der Waals surface area contributed by atoms with Gasteiger partial charge in [0.15, 0.2) is 0 Å². The van der Waals surface area contributed by atoms with Crippen LogP contribution in [0.25, 0.3) is 0 Å². The Labute approximate surface area is 145 Å². The van der Waals surface area contributed by atoms with Gasteiger partial charge in [-0.3, -0.25) is 24.6 Å². The van der Waals surface area contributed by atoms with E-state index in [0.717, 1.165) is 39.3 Å². The predicted octanol–water partition coefficient (Wildman–Crippen LogP) is 0.680. The molecular weight excluding hydrogens is 328 g/mol. The van der Waals surface area contributed by atoms with Crippen LogP contribution in [0.15, 0.2) is 18.2 Å². The van der Waals surface area contributed by atoms with E-state index in [1.165, 1.54) is 18.2 Å². The third-order valence-electron chi connectivity index (χ3n) is 3.93. The third-order valence-corrected chi connectivity index (χ3v) is 3.93. The SMILES string of the molecule is Cc1ccc([N+](=O)[O-])cc1NC(=O)C(=O)NCCCN1CCOCC1. The Kier molecular flexibility index (Phi) is 6.84. The van der Waals surface area contributed by atoms with Gasteiger partial charge in [-0.1, -0.05) is 6.07 Å². The summed E-state index contributed by atoms with van der Waals surface area (Å²) >= 11 is 0. The van der Waals surface area contributed by atoms with Gasteiger partial charge >= 0.3 is 11.8 Å². The number of benzene rings is 1. The van der Waals surface area contributed by atoms with Gasteiger partial charge in [-0.15, -0.1) is 0 Å². The first-order chi connectivity index (χ1) is 12.0. The molecule has 2 rings (SSSR count). The summed E-state index contributed by atoms with van der Waals surface area (Å²) in [6.45, 7) is 6.10. The first-order valence-electron chi connectivity index (χ1n) is 8.11. The Morgan fingerprint density at radius 2 is 2.00 bits per heavy atom. The number of morpholine rings is 1. The van der Waals surface area contributed by atoms with Crippen molar-refractivity contribution in [3.8, 4) is 0 Å². The van der Waals surface area contributed by atoms with E-state index < -0.39 is 16.7 Å². The molecule has 9 heteroatoms. The van der Waals surface area contributed by atoms with Gasteiger partial charge in [0, 0.05) is 31.8 Å². The van der Waals surface area contributed by atoms with E-state index in [4.69, 9.17) is 4.74 Å². The standard InChI is InChI=1S/C16H22N4O5/c1-12-3-4-13(20(23)24)11-14(12)18-16(22)15(21)17-5-2-6-19-7-9-25-10-8-19/h3-4,11H,2,5-10H2,1H3,(H,17,21)(H,18,22). The van der Waals surface area contributed by atoms with Crippen molar-refractivity contribution in [1.82, 2.24) is 10.2 Å². The van der Waals surface area contributed by atoms with Crippen LogP contribution in [0.4, 0.5) is 11.4 Å². The number of nitro groups is 1. The summed E-state index contributed by atoms with van der Waals surface area (Å²) in [7, 11) is 0. The number of rotatable bonds is 6. The van der Waals surface area contributed by atoms with Crippen LogP contribution in [0.3, 0.4) is 0 Å². The second-order valence-electron chi connectivity index (χ2n) is 5.77. The molecule has 1 heterocycles. The van der Waals surface area contributed by atoms with Crippen molar-refractivity contribution in [2.75, 3.05) is 44.7 Å². The number of nitrogens with zero attached hydrogens (tertiary/aromatic N) is 2. The van der Waals surface area contributed by atoms with Crippen LogP contribution in [0.5, 0.6) is 0 Å². The fourth-order valence-corrected chi connectivity index (χ4v) is 2.45. The van der Waals surface area contributed by atoms with Crippen molar-refractivity contribution in [3.63, 3.8) is 0 Å². The molecule has 1 aromatic rings. The van der Waals surface area contributed by atoms with Gasteiger partial charge in [-0.25, -0.2) is 0 Å². The van der Waals surface area contributed by atoms with Crippen LogP contribution in [0.1, 0.15) is 12.0 Å². The number of carbonyl (C=O) groups excluding carboxylic acids is 2. The van der Waals surface area contributed by atoms with E-state index in [-0.39, 0.29) is 11.4 Å². The predicted molar refractivity (Wildman–Crippen MR) is 91.3 cm³/mol. The summed E-state index contributed by atoms with van der Waals surface area (Å²) < 4.78 is 5.26. The summed E-state index contributed by atoms with van der Waals surface area (Å²) in [5.41, 5.74) is 0.744. The molecule has 2 N–H and O–H groups in total. The maximum absolute atomic E-state index is 11.9. The van der Waals surface area contributed by atoms with Gasteiger partial charge in [0.05, 0.1) is 23.8 Å². The van der Waals surface area contributed by atoms with Crippen molar-refractivity contribution >= 4 is 23.2 Å². The third kappa shape index (κ3) is 5.80. The lowest BCUT2D eigenvalue weighted by molar-refractivity contribution is -0.384. The Bertz CT molecular complexity index is 643. The van der Waals surface area contributed by atoms with Crippen LogP contribution in [0.2, 0.25) is 0 Å². The topological polar surface area (TPSA) is 114 Å². The number of nitro benzene ring substituents is 1. The number of amides is 2. The number of aryl methyl sites for hydroxylation is 1. The van der Waals surface area contributed by atoms with Gasteiger partial charge in [0.2, 0.25) is 0 Å². The molecular formula is C16H22N4O5. The Morgan fingerprint density at radius 3 is 2.68 bits per heavy atom. The molecule has 136 valence electrons. The number of hydrogen-bond acceptors (Lipinski definition) is 6. The largest absolute Gasteiger partial charge is 0.379 e.